The molecule has 0 atom stereocenters. The molecule has 3 rings (SSSR count). The second kappa shape index (κ2) is 4.82. The number of aryl methyl sites for hydroxylation is 2. The molecule has 0 saturated heterocycles. The van der Waals surface area contributed by atoms with Crippen molar-refractivity contribution in [1.29, 1.82) is 0 Å². The van der Waals surface area contributed by atoms with Crippen molar-refractivity contribution in [2.24, 2.45) is 0 Å². The Hall–Kier alpha value is -2.03. The van der Waals surface area contributed by atoms with Crippen molar-refractivity contribution in [3.05, 3.63) is 53.0 Å². The average molecular weight is 267 g/mol. The van der Waals surface area contributed by atoms with Gasteiger partial charge in [-0.3, -0.25) is 4.68 Å². The fraction of sp³-hybridized carbons (Fsp3) is 0.353. The van der Waals surface area contributed by atoms with E-state index < -0.39 is 0 Å². The summed E-state index contributed by atoms with van der Waals surface area (Å²) in [6, 6.07) is 8.48. The van der Waals surface area contributed by atoms with Crippen LogP contribution in [-0.4, -0.2) is 14.3 Å². The molecule has 3 nitrogen and oxygen atoms in total. The van der Waals surface area contributed by atoms with Gasteiger partial charge in [-0.1, -0.05) is 18.2 Å². The number of nitrogens with zero attached hydrogens (tertiary/aromatic N) is 3. The van der Waals surface area contributed by atoms with E-state index in [1.807, 2.05) is 0 Å². The normalized spacial score (nSPS) is 11.4. The first-order valence-electron chi connectivity index (χ1n) is 7.19. The van der Waals surface area contributed by atoms with Crippen LogP contribution >= 0.6 is 0 Å². The van der Waals surface area contributed by atoms with Crippen LogP contribution in [0.2, 0.25) is 0 Å². The van der Waals surface area contributed by atoms with Crippen LogP contribution in [0.4, 0.5) is 0 Å². The summed E-state index contributed by atoms with van der Waals surface area (Å²) < 4.78 is 4.39. The van der Waals surface area contributed by atoms with Crippen molar-refractivity contribution in [1.82, 2.24) is 14.3 Å². The van der Waals surface area contributed by atoms with Gasteiger partial charge in [0.25, 0.3) is 0 Å². The van der Waals surface area contributed by atoms with Gasteiger partial charge in [0.1, 0.15) is 0 Å². The minimum absolute atomic E-state index is 0.841. The van der Waals surface area contributed by atoms with E-state index in [4.69, 9.17) is 5.10 Å². The topological polar surface area (TPSA) is 22.8 Å². The van der Waals surface area contributed by atoms with Crippen LogP contribution in [0.15, 0.2) is 30.5 Å². The molecule has 0 bridgehead atoms. The van der Waals surface area contributed by atoms with Gasteiger partial charge in [0.2, 0.25) is 0 Å². The van der Waals surface area contributed by atoms with E-state index in [0.717, 1.165) is 18.8 Å². The second-order valence-electron chi connectivity index (χ2n) is 5.43. The largest absolute Gasteiger partial charge is 0.345 e. The first-order valence-corrected chi connectivity index (χ1v) is 7.19. The molecule has 0 aliphatic carbocycles. The van der Waals surface area contributed by atoms with Crippen molar-refractivity contribution in [3.8, 4) is 0 Å². The van der Waals surface area contributed by atoms with Crippen molar-refractivity contribution < 1.29 is 0 Å². The second-order valence-corrected chi connectivity index (χ2v) is 5.43. The number of aromatic nitrogens is 3. The van der Waals surface area contributed by atoms with Crippen LogP contribution < -0.4 is 0 Å². The van der Waals surface area contributed by atoms with Gasteiger partial charge in [0, 0.05) is 23.8 Å². The van der Waals surface area contributed by atoms with Crippen molar-refractivity contribution >= 4 is 10.9 Å². The SMILES string of the molecule is CCn1nc(Cn2cc(C)c(C)c2C)c2ccccc21. The summed E-state index contributed by atoms with van der Waals surface area (Å²) >= 11 is 0. The molecule has 20 heavy (non-hydrogen) atoms. The predicted molar refractivity (Wildman–Crippen MR) is 83.2 cm³/mol. The number of para-hydroxylation sites is 1. The molecule has 0 unspecified atom stereocenters. The monoisotopic (exact) mass is 267 g/mol. The lowest BCUT2D eigenvalue weighted by atomic mass is 10.2. The highest BCUT2D eigenvalue weighted by atomic mass is 15.3. The van der Waals surface area contributed by atoms with Gasteiger partial charge in [0.15, 0.2) is 0 Å². The quantitative estimate of drug-likeness (QED) is 0.707. The lowest BCUT2D eigenvalue weighted by Crippen LogP contribution is -2.03. The molecule has 0 N–H and O–H groups in total. The summed E-state index contributed by atoms with van der Waals surface area (Å²) in [6.45, 7) is 10.4. The highest BCUT2D eigenvalue weighted by Gasteiger charge is 2.12. The first-order chi connectivity index (χ1) is 9.61. The van der Waals surface area contributed by atoms with Crippen LogP contribution in [0.5, 0.6) is 0 Å². The number of rotatable bonds is 3. The molecule has 0 spiro atoms. The zero-order valence-corrected chi connectivity index (χ0v) is 12.6. The molecule has 0 aliphatic rings. The zero-order valence-electron chi connectivity index (χ0n) is 12.6. The molecule has 3 aromatic rings. The van der Waals surface area contributed by atoms with E-state index in [2.05, 4.69) is 67.4 Å². The van der Waals surface area contributed by atoms with Crippen LogP contribution in [0, 0.1) is 20.8 Å². The highest BCUT2D eigenvalue weighted by molar-refractivity contribution is 5.81. The van der Waals surface area contributed by atoms with Gasteiger partial charge in [-0.25, -0.2) is 0 Å². The summed E-state index contributed by atoms with van der Waals surface area (Å²) in [5.41, 5.74) is 6.44. The van der Waals surface area contributed by atoms with E-state index in [0.29, 0.717) is 0 Å². The van der Waals surface area contributed by atoms with Gasteiger partial charge >= 0.3 is 0 Å². The van der Waals surface area contributed by atoms with Gasteiger partial charge < -0.3 is 4.57 Å². The molecule has 104 valence electrons. The van der Waals surface area contributed by atoms with E-state index in [1.54, 1.807) is 0 Å². The molecule has 3 heteroatoms. The summed E-state index contributed by atoms with van der Waals surface area (Å²) in [7, 11) is 0. The Kier molecular flexibility index (Phi) is 3.13. The van der Waals surface area contributed by atoms with E-state index >= 15 is 0 Å². The van der Waals surface area contributed by atoms with Gasteiger partial charge in [-0.15, -0.1) is 0 Å². The predicted octanol–water partition coefficient (Wildman–Crippen LogP) is 3.83. The van der Waals surface area contributed by atoms with Crippen molar-refractivity contribution in [3.63, 3.8) is 0 Å². The molecular formula is C17H21N3. The molecule has 1 aromatic carbocycles. The van der Waals surface area contributed by atoms with Crippen LogP contribution in [-0.2, 0) is 13.1 Å². The maximum absolute atomic E-state index is 4.78. The third kappa shape index (κ3) is 1.94. The summed E-state index contributed by atoms with van der Waals surface area (Å²) in [5, 5.41) is 6.04. The highest BCUT2D eigenvalue weighted by Crippen LogP contribution is 2.22. The van der Waals surface area contributed by atoms with Crippen LogP contribution in [0.25, 0.3) is 10.9 Å². The Morgan fingerprint density at radius 3 is 2.50 bits per heavy atom. The van der Waals surface area contributed by atoms with Gasteiger partial charge in [0.05, 0.1) is 17.8 Å². The number of fused-ring (bicyclic) bond motifs is 1. The summed E-state index contributed by atoms with van der Waals surface area (Å²) in [5.74, 6) is 0. The van der Waals surface area contributed by atoms with E-state index in [9.17, 15) is 0 Å². The molecule has 0 amide bonds. The van der Waals surface area contributed by atoms with E-state index in [-0.39, 0.29) is 0 Å². The maximum atomic E-state index is 4.78. The molecular weight excluding hydrogens is 246 g/mol. The maximum Gasteiger partial charge on any atom is 0.0900 e. The fourth-order valence-electron chi connectivity index (χ4n) is 2.81. The molecule has 0 saturated carbocycles. The molecule has 0 radical (unpaired) electrons. The number of benzene rings is 1. The smallest absolute Gasteiger partial charge is 0.0900 e. The molecule has 0 aliphatic heterocycles. The number of hydrogen-bond donors (Lipinski definition) is 0. The first kappa shape index (κ1) is 13.0. The van der Waals surface area contributed by atoms with Crippen molar-refractivity contribution in [2.75, 3.05) is 0 Å². The van der Waals surface area contributed by atoms with Gasteiger partial charge in [-0.05, 0) is 44.9 Å². The zero-order chi connectivity index (χ0) is 14.3. The summed E-state index contributed by atoms with van der Waals surface area (Å²) in [6.07, 6.45) is 2.23. The third-order valence-electron chi connectivity index (χ3n) is 4.27. The third-order valence-corrected chi connectivity index (χ3v) is 4.27. The van der Waals surface area contributed by atoms with Crippen LogP contribution in [0.3, 0.4) is 0 Å². The number of hydrogen-bond acceptors (Lipinski definition) is 1. The molecule has 2 heterocycles. The molecule has 2 aromatic heterocycles. The Balaban J connectivity index is 2.09. The Labute approximate surface area is 119 Å². The average Bonchev–Trinajstić information content (AvgIpc) is 2.93. The standard InChI is InChI=1S/C17H21N3/c1-5-20-17-9-7-6-8-15(17)16(18-20)11-19-10-12(2)13(3)14(19)4/h6-10H,5,11H2,1-4H3. The minimum atomic E-state index is 0.841. The van der Waals surface area contributed by atoms with Gasteiger partial charge in [-0.2, -0.15) is 5.10 Å². The fourth-order valence-corrected chi connectivity index (χ4v) is 2.81. The Bertz CT molecular complexity index is 762. The minimum Gasteiger partial charge on any atom is -0.345 e. The summed E-state index contributed by atoms with van der Waals surface area (Å²) in [4.78, 5) is 0. The van der Waals surface area contributed by atoms with Crippen LogP contribution in [0.1, 0.15) is 29.4 Å². The lowest BCUT2D eigenvalue weighted by molar-refractivity contribution is 0.650. The Morgan fingerprint density at radius 2 is 1.85 bits per heavy atom. The lowest BCUT2D eigenvalue weighted by Gasteiger charge is -2.04. The Morgan fingerprint density at radius 1 is 1.10 bits per heavy atom. The van der Waals surface area contributed by atoms with E-state index in [1.165, 1.54) is 27.7 Å². The molecule has 0 fully saturated rings. The van der Waals surface area contributed by atoms with Crippen molar-refractivity contribution in [2.45, 2.75) is 40.8 Å².